The molecular formula is C24H32BrN3O5S. The number of carbonyl (C=O) groups is 2. The molecule has 0 spiro atoms. The molecule has 1 fully saturated rings. The zero-order valence-corrected chi connectivity index (χ0v) is 21.6. The summed E-state index contributed by atoms with van der Waals surface area (Å²) in [7, 11) is 0. The number of anilines is 1. The van der Waals surface area contributed by atoms with Gasteiger partial charge in [-0.3, -0.25) is 19.7 Å². The number of unbranched alkanes of at least 4 members (excludes halogenated alkanes) is 2. The normalized spacial score (nSPS) is 14.1. The van der Waals surface area contributed by atoms with Crippen LogP contribution >= 0.6 is 27.3 Å². The summed E-state index contributed by atoms with van der Waals surface area (Å²) >= 11 is 5.10. The van der Waals surface area contributed by atoms with Gasteiger partial charge in [0.05, 0.1) is 23.5 Å². The van der Waals surface area contributed by atoms with Gasteiger partial charge in [0.1, 0.15) is 12.4 Å². The highest BCUT2D eigenvalue weighted by Crippen LogP contribution is 2.27. The van der Waals surface area contributed by atoms with Gasteiger partial charge in [-0.2, -0.15) is 0 Å². The third-order valence-electron chi connectivity index (χ3n) is 5.59. The molecule has 186 valence electrons. The van der Waals surface area contributed by atoms with E-state index in [1.807, 2.05) is 36.4 Å². The van der Waals surface area contributed by atoms with Gasteiger partial charge in [0.2, 0.25) is 11.8 Å². The van der Waals surface area contributed by atoms with Crippen LogP contribution in [0.1, 0.15) is 37.0 Å². The number of nitrogens with zero attached hydrogens (tertiary/aromatic N) is 2. The SMILES string of the molecule is O=C(CCCCCC(=O)N(Cc1ccc(Br)s1)c1ccc(OCCN2CCOCC2)cc1)NO. The predicted molar refractivity (Wildman–Crippen MR) is 135 cm³/mol. The summed E-state index contributed by atoms with van der Waals surface area (Å²) < 4.78 is 12.3. The molecule has 1 aliphatic heterocycles. The Morgan fingerprint density at radius 1 is 1.09 bits per heavy atom. The highest BCUT2D eigenvalue weighted by Gasteiger charge is 2.17. The first-order valence-corrected chi connectivity index (χ1v) is 13.2. The van der Waals surface area contributed by atoms with Crippen LogP contribution in [-0.4, -0.2) is 61.4 Å². The second kappa shape index (κ2) is 14.4. The van der Waals surface area contributed by atoms with Gasteiger partial charge in [-0.25, -0.2) is 5.48 Å². The van der Waals surface area contributed by atoms with E-state index in [4.69, 9.17) is 14.7 Å². The molecule has 3 rings (SSSR count). The van der Waals surface area contributed by atoms with Crippen LogP contribution < -0.4 is 15.1 Å². The minimum Gasteiger partial charge on any atom is -0.492 e. The Balaban J connectivity index is 1.54. The van der Waals surface area contributed by atoms with Crippen LogP contribution in [0.3, 0.4) is 0 Å². The second-order valence-electron chi connectivity index (χ2n) is 8.08. The molecule has 34 heavy (non-hydrogen) atoms. The highest BCUT2D eigenvalue weighted by molar-refractivity contribution is 9.11. The van der Waals surface area contributed by atoms with Crippen molar-refractivity contribution >= 4 is 44.8 Å². The van der Waals surface area contributed by atoms with E-state index in [2.05, 4.69) is 20.8 Å². The fraction of sp³-hybridized carbons (Fsp3) is 0.500. The Bertz CT molecular complexity index is 902. The van der Waals surface area contributed by atoms with E-state index < -0.39 is 5.91 Å². The first-order valence-electron chi connectivity index (χ1n) is 11.6. The van der Waals surface area contributed by atoms with Crippen LogP contribution in [0.4, 0.5) is 5.69 Å². The zero-order chi connectivity index (χ0) is 24.2. The molecule has 0 unspecified atom stereocenters. The number of morpholine rings is 1. The van der Waals surface area contributed by atoms with Gasteiger partial charge in [-0.1, -0.05) is 6.42 Å². The molecule has 2 heterocycles. The maximum Gasteiger partial charge on any atom is 0.243 e. The van der Waals surface area contributed by atoms with Crippen molar-refractivity contribution in [2.24, 2.45) is 0 Å². The Morgan fingerprint density at radius 2 is 1.82 bits per heavy atom. The highest BCUT2D eigenvalue weighted by atomic mass is 79.9. The molecule has 0 aliphatic carbocycles. The number of thiophene rings is 1. The van der Waals surface area contributed by atoms with Crippen LogP contribution in [0.2, 0.25) is 0 Å². The smallest absolute Gasteiger partial charge is 0.243 e. The van der Waals surface area contributed by atoms with Crippen LogP contribution in [0.15, 0.2) is 40.2 Å². The minimum atomic E-state index is -0.400. The molecule has 1 aliphatic rings. The van der Waals surface area contributed by atoms with Crippen LogP contribution in [0.25, 0.3) is 0 Å². The third-order valence-corrected chi connectivity index (χ3v) is 7.20. The van der Waals surface area contributed by atoms with Crippen molar-refractivity contribution in [3.05, 3.63) is 45.1 Å². The fourth-order valence-electron chi connectivity index (χ4n) is 3.69. The molecular weight excluding hydrogens is 522 g/mol. The predicted octanol–water partition coefficient (Wildman–Crippen LogP) is 4.21. The summed E-state index contributed by atoms with van der Waals surface area (Å²) in [5.41, 5.74) is 2.46. The maximum atomic E-state index is 13.1. The Kier molecular flexibility index (Phi) is 11.3. The number of rotatable bonds is 13. The van der Waals surface area contributed by atoms with Crippen molar-refractivity contribution in [2.75, 3.05) is 44.4 Å². The van der Waals surface area contributed by atoms with E-state index >= 15 is 0 Å². The molecule has 2 aromatic rings. The number of nitrogens with one attached hydrogen (secondary N) is 1. The molecule has 0 bridgehead atoms. The van der Waals surface area contributed by atoms with Crippen molar-refractivity contribution in [1.82, 2.24) is 10.4 Å². The summed E-state index contributed by atoms with van der Waals surface area (Å²) in [5, 5.41) is 8.57. The van der Waals surface area contributed by atoms with Gasteiger partial charge < -0.3 is 14.4 Å². The molecule has 10 heteroatoms. The molecule has 1 aromatic heterocycles. The molecule has 0 radical (unpaired) electrons. The Hall–Kier alpha value is -1.98. The average molecular weight is 555 g/mol. The number of halogens is 1. The summed E-state index contributed by atoms with van der Waals surface area (Å²) in [6.07, 6.45) is 2.71. The molecule has 0 saturated carbocycles. The minimum absolute atomic E-state index is 0.0390. The summed E-state index contributed by atoms with van der Waals surface area (Å²) in [5.74, 6) is 0.422. The number of amides is 2. The fourth-order valence-corrected chi connectivity index (χ4v) is 5.16. The number of benzene rings is 1. The van der Waals surface area contributed by atoms with Gasteiger partial charge in [-0.05, 0) is 65.2 Å². The number of ether oxygens (including phenoxy) is 2. The van der Waals surface area contributed by atoms with Gasteiger partial charge in [-0.15, -0.1) is 11.3 Å². The van der Waals surface area contributed by atoms with Crippen molar-refractivity contribution in [3.63, 3.8) is 0 Å². The van der Waals surface area contributed by atoms with E-state index in [9.17, 15) is 9.59 Å². The molecule has 0 atom stereocenters. The van der Waals surface area contributed by atoms with Crippen LogP contribution in [0, 0.1) is 0 Å². The molecule has 1 saturated heterocycles. The van der Waals surface area contributed by atoms with Gasteiger partial charge in [0.25, 0.3) is 0 Å². The molecule has 2 N–H and O–H groups in total. The number of hydrogen-bond acceptors (Lipinski definition) is 7. The van der Waals surface area contributed by atoms with E-state index in [0.717, 1.165) is 59.4 Å². The topological polar surface area (TPSA) is 91.3 Å². The van der Waals surface area contributed by atoms with Crippen LogP contribution in [-0.2, 0) is 20.9 Å². The first-order chi connectivity index (χ1) is 16.5. The van der Waals surface area contributed by atoms with E-state index in [1.165, 1.54) is 0 Å². The van der Waals surface area contributed by atoms with Gasteiger partial charge >= 0.3 is 0 Å². The van der Waals surface area contributed by atoms with E-state index in [-0.39, 0.29) is 12.3 Å². The average Bonchev–Trinajstić information content (AvgIpc) is 3.28. The Morgan fingerprint density at radius 3 is 2.50 bits per heavy atom. The van der Waals surface area contributed by atoms with Crippen molar-refractivity contribution in [3.8, 4) is 5.75 Å². The van der Waals surface area contributed by atoms with Gasteiger partial charge in [0, 0.05) is 43.0 Å². The van der Waals surface area contributed by atoms with Crippen molar-refractivity contribution < 1.29 is 24.3 Å². The summed E-state index contributed by atoms with van der Waals surface area (Å²) in [6, 6.07) is 11.7. The monoisotopic (exact) mass is 553 g/mol. The lowest BCUT2D eigenvalue weighted by atomic mass is 10.1. The number of hydrogen-bond donors (Lipinski definition) is 2. The quantitative estimate of drug-likeness (QED) is 0.219. The summed E-state index contributed by atoms with van der Waals surface area (Å²) in [6.45, 7) is 5.40. The zero-order valence-electron chi connectivity index (χ0n) is 19.2. The van der Waals surface area contributed by atoms with Crippen LogP contribution in [0.5, 0.6) is 5.75 Å². The van der Waals surface area contributed by atoms with Crippen molar-refractivity contribution in [2.45, 2.75) is 38.6 Å². The summed E-state index contributed by atoms with van der Waals surface area (Å²) in [4.78, 5) is 29.4. The molecule has 1 aromatic carbocycles. The largest absolute Gasteiger partial charge is 0.492 e. The second-order valence-corrected chi connectivity index (χ2v) is 10.6. The van der Waals surface area contributed by atoms with Crippen molar-refractivity contribution in [1.29, 1.82) is 0 Å². The van der Waals surface area contributed by atoms with E-state index in [1.54, 1.807) is 21.7 Å². The lowest BCUT2D eigenvalue weighted by Crippen LogP contribution is -2.38. The maximum absolute atomic E-state index is 13.1. The van der Waals surface area contributed by atoms with E-state index in [0.29, 0.717) is 32.4 Å². The Labute approximate surface area is 212 Å². The standard InChI is InChI=1S/C24H32BrN3O5S/c25-22-11-10-21(34-22)18-28(24(30)5-3-1-2-4-23(29)26-31)19-6-8-20(9-7-19)33-17-14-27-12-15-32-16-13-27/h6-11,31H,1-5,12-18H2,(H,26,29). The molecule has 2 amide bonds. The number of hydroxylamine groups is 1. The number of carbonyl (C=O) groups excluding carboxylic acids is 2. The molecule has 8 nitrogen and oxygen atoms in total. The first kappa shape index (κ1) is 26.6. The lowest BCUT2D eigenvalue weighted by Gasteiger charge is -2.26. The van der Waals surface area contributed by atoms with Gasteiger partial charge in [0.15, 0.2) is 0 Å². The lowest BCUT2D eigenvalue weighted by molar-refractivity contribution is -0.129. The third kappa shape index (κ3) is 8.99.